The van der Waals surface area contributed by atoms with Crippen molar-refractivity contribution >= 4 is 5.91 Å². The highest BCUT2D eigenvalue weighted by Crippen LogP contribution is 2.28. The highest BCUT2D eigenvalue weighted by Gasteiger charge is 2.18. The van der Waals surface area contributed by atoms with Crippen LogP contribution in [-0.4, -0.2) is 34.1 Å². The summed E-state index contributed by atoms with van der Waals surface area (Å²) in [5, 5.41) is 11.8. The second-order valence-electron chi connectivity index (χ2n) is 9.42. The zero-order valence-electron chi connectivity index (χ0n) is 22.3. The van der Waals surface area contributed by atoms with Crippen molar-refractivity contribution in [3.8, 4) is 39.8 Å². The minimum atomic E-state index is -0.338. The third-order valence-corrected chi connectivity index (χ3v) is 6.18. The van der Waals surface area contributed by atoms with E-state index in [4.69, 9.17) is 19.1 Å². The van der Waals surface area contributed by atoms with Gasteiger partial charge in [-0.1, -0.05) is 23.4 Å². The van der Waals surface area contributed by atoms with E-state index in [1.807, 2.05) is 104 Å². The lowest BCUT2D eigenvalue weighted by Gasteiger charge is -2.12. The molecule has 0 radical (unpaired) electrons. The molecule has 5 rings (SSSR count). The van der Waals surface area contributed by atoms with Crippen LogP contribution in [0.15, 0.2) is 89.6 Å². The molecule has 1 amide bonds. The molecule has 0 spiro atoms. The van der Waals surface area contributed by atoms with Gasteiger partial charge in [-0.3, -0.25) is 4.79 Å². The Morgan fingerprint density at radius 3 is 2.44 bits per heavy atom. The quantitative estimate of drug-likeness (QED) is 0.247. The number of hydrogen-bond donors (Lipinski definition) is 1. The van der Waals surface area contributed by atoms with Gasteiger partial charge in [-0.15, -0.1) is 0 Å². The Hall–Kier alpha value is -4.85. The van der Waals surface area contributed by atoms with Crippen molar-refractivity contribution in [3.05, 3.63) is 102 Å². The molecule has 0 bridgehead atoms. The summed E-state index contributed by atoms with van der Waals surface area (Å²) in [4.78, 5) is 13.0. The topological polar surface area (TPSA) is 91.4 Å². The summed E-state index contributed by atoms with van der Waals surface area (Å²) in [6, 6.07) is 24.9. The van der Waals surface area contributed by atoms with Crippen LogP contribution in [0.3, 0.4) is 0 Å². The zero-order valence-corrected chi connectivity index (χ0v) is 22.3. The number of nitrogens with zero attached hydrogens (tertiary/aromatic N) is 3. The van der Waals surface area contributed by atoms with Gasteiger partial charge in [0.2, 0.25) is 0 Å². The largest absolute Gasteiger partial charge is 0.497 e. The molecule has 8 heteroatoms. The van der Waals surface area contributed by atoms with Gasteiger partial charge in [0.25, 0.3) is 5.91 Å². The second kappa shape index (κ2) is 11.3. The minimum Gasteiger partial charge on any atom is -0.497 e. The molecule has 0 saturated heterocycles. The molecule has 0 aliphatic rings. The molecule has 0 unspecified atom stereocenters. The molecule has 39 heavy (non-hydrogen) atoms. The van der Waals surface area contributed by atoms with Crippen LogP contribution < -0.4 is 14.8 Å². The van der Waals surface area contributed by atoms with Gasteiger partial charge in [0, 0.05) is 35.5 Å². The number of aryl methyl sites for hydroxylation is 1. The van der Waals surface area contributed by atoms with Crippen molar-refractivity contribution in [1.82, 2.24) is 20.3 Å². The summed E-state index contributed by atoms with van der Waals surface area (Å²) in [5.41, 5.74) is 5.46. The number of carbonyl (C=O) groups excluding carboxylic acids is 1. The molecular formula is C31H30N4O4. The predicted molar refractivity (Wildman–Crippen MR) is 149 cm³/mol. The van der Waals surface area contributed by atoms with E-state index in [1.54, 1.807) is 13.2 Å². The summed E-state index contributed by atoms with van der Waals surface area (Å²) < 4.78 is 18.4. The van der Waals surface area contributed by atoms with E-state index in [0.717, 1.165) is 45.1 Å². The third kappa shape index (κ3) is 5.85. The smallest absolute Gasteiger partial charge is 0.273 e. The number of benzene rings is 3. The van der Waals surface area contributed by atoms with Crippen molar-refractivity contribution in [2.24, 2.45) is 0 Å². The fourth-order valence-corrected chi connectivity index (χ4v) is 4.22. The van der Waals surface area contributed by atoms with Gasteiger partial charge in [0.05, 0.1) is 24.6 Å². The third-order valence-electron chi connectivity index (χ3n) is 6.18. The number of para-hydroxylation sites is 1. The van der Waals surface area contributed by atoms with E-state index in [-0.39, 0.29) is 24.2 Å². The minimum absolute atomic E-state index is 0.0835. The van der Waals surface area contributed by atoms with Crippen LogP contribution in [0.25, 0.3) is 28.3 Å². The first kappa shape index (κ1) is 25.8. The molecule has 2 aromatic heterocycles. The van der Waals surface area contributed by atoms with E-state index in [1.165, 1.54) is 0 Å². The van der Waals surface area contributed by atoms with Crippen molar-refractivity contribution in [1.29, 1.82) is 0 Å². The first-order chi connectivity index (χ1) is 18.9. The molecule has 3 aromatic carbocycles. The highest BCUT2D eigenvalue weighted by atomic mass is 16.5. The maximum atomic E-state index is 13.0. The van der Waals surface area contributed by atoms with Gasteiger partial charge in [-0.2, -0.15) is 5.10 Å². The maximum Gasteiger partial charge on any atom is 0.273 e. The fourth-order valence-electron chi connectivity index (χ4n) is 4.22. The highest BCUT2D eigenvalue weighted by molar-refractivity contribution is 5.93. The molecule has 0 fully saturated rings. The molecule has 5 aromatic rings. The lowest BCUT2D eigenvalue weighted by molar-refractivity contribution is 0.0942. The van der Waals surface area contributed by atoms with E-state index < -0.39 is 0 Å². The maximum absolute atomic E-state index is 13.0. The van der Waals surface area contributed by atoms with E-state index in [2.05, 4.69) is 10.5 Å². The van der Waals surface area contributed by atoms with Crippen LogP contribution in [0.5, 0.6) is 11.5 Å². The van der Waals surface area contributed by atoms with Crippen LogP contribution in [0.4, 0.5) is 0 Å². The lowest BCUT2D eigenvalue weighted by Crippen LogP contribution is -2.23. The molecule has 1 N–H and O–H groups in total. The number of methoxy groups -OCH3 is 1. The Bertz CT molecular complexity index is 1570. The molecule has 2 heterocycles. The Kier molecular flexibility index (Phi) is 7.45. The van der Waals surface area contributed by atoms with Crippen molar-refractivity contribution in [3.63, 3.8) is 0 Å². The number of rotatable bonds is 9. The lowest BCUT2D eigenvalue weighted by atomic mass is 10.1. The Balaban J connectivity index is 1.35. The predicted octanol–water partition coefficient (Wildman–Crippen LogP) is 6.23. The number of nitrogens with one attached hydrogen (secondary N) is 1. The average Bonchev–Trinajstić information content (AvgIpc) is 3.61. The Morgan fingerprint density at radius 1 is 1.00 bits per heavy atom. The number of ether oxygens (including phenoxy) is 2. The standard InChI is InChI=1S/C31H30N4O4/c1-20(2)38-28-15-12-23(16-21(28)3)29-17-27(34-39-29)31(36)32-18-24-19-35(25-8-6-5-7-9-25)33-30(24)22-10-13-26(37-4)14-11-22/h5-17,19-20H,18H2,1-4H3,(H,32,36). The van der Waals surface area contributed by atoms with E-state index >= 15 is 0 Å². The molecule has 8 nitrogen and oxygen atoms in total. The first-order valence-corrected chi connectivity index (χ1v) is 12.7. The van der Waals surface area contributed by atoms with Crippen LogP contribution in [0.1, 0.15) is 35.5 Å². The van der Waals surface area contributed by atoms with E-state index in [0.29, 0.717) is 5.76 Å². The first-order valence-electron chi connectivity index (χ1n) is 12.7. The average molecular weight is 523 g/mol. The van der Waals surface area contributed by atoms with Crippen molar-refractivity contribution in [2.45, 2.75) is 33.4 Å². The number of carbonyl (C=O) groups is 1. The molecule has 198 valence electrons. The van der Waals surface area contributed by atoms with Crippen LogP contribution in [0.2, 0.25) is 0 Å². The van der Waals surface area contributed by atoms with Crippen molar-refractivity contribution < 1.29 is 18.8 Å². The van der Waals surface area contributed by atoms with Crippen molar-refractivity contribution in [2.75, 3.05) is 7.11 Å². The number of hydrogen-bond acceptors (Lipinski definition) is 6. The summed E-state index contributed by atoms with van der Waals surface area (Å²) in [6.07, 6.45) is 2.01. The van der Waals surface area contributed by atoms with Crippen LogP contribution >= 0.6 is 0 Å². The van der Waals surface area contributed by atoms with Gasteiger partial charge in [0.1, 0.15) is 11.5 Å². The second-order valence-corrected chi connectivity index (χ2v) is 9.42. The summed E-state index contributed by atoms with van der Waals surface area (Å²) in [7, 11) is 1.63. The van der Waals surface area contributed by atoms with Gasteiger partial charge in [-0.05, 0) is 80.9 Å². The van der Waals surface area contributed by atoms with E-state index in [9.17, 15) is 4.79 Å². The van der Waals surface area contributed by atoms with Gasteiger partial charge < -0.3 is 19.3 Å². The fraction of sp³-hybridized carbons (Fsp3) is 0.194. The Morgan fingerprint density at radius 2 is 1.74 bits per heavy atom. The monoisotopic (exact) mass is 522 g/mol. The Labute approximate surface area is 227 Å². The summed E-state index contributed by atoms with van der Waals surface area (Å²) in [5.74, 6) is 1.75. The molecular weight excluding hydrogens is 492 g/mol. The normalized spacial score (nSPS) is 11.0. The summed E-state index contributed by atoms with van der Waals surface area (Å²) >= 11 is 0. The SMILES string of the molecule is COc1ccc(-c2nn(-c3ccccc3)cc2CNC(=O)c2cc(-c3ccc(OC(C)C)c(C)c3)on2)cc1. The molecule has 0 aliphatic heterocycles. The number of aromatic nitrogens is 3. The van der Waals surface area contributed by atoms with Crippen LogP contribution in [-0.2, 0) is 6.54 Å². The van der Waals surface area contributed by atoms with Gasteiger partial charge in [-0.25, -0.2) is 4.68 Å². The number of amides is 1. The summed E-state index contributed by atoms with van der Waals surface area (Å²) in [6.45, 7) is 6.21. The van der Waals surface area contributed by atoms with Gasteiger partial charge >= 0.3 is 0 Å². The van der Waals surface area contributed by atoms with Crippen LogP contribution in [0, 0.1) is 6.92 Å². The van der Waals surface area contributed by atoms with Gasteiger partial charge in [0.15, 0.2) is 11.5 Å². The molecule has 0 aliphatic carbocycles. The zero-order chi connectivity index (χ0) is 27.4. The molecule has 0 saturated carbocycles. The molecule has 0 atom stereocenters.